The van der Waals surface area contributed by atoms with Crippen molar-refractivity contribution >= 4 is 39.9 Å². The number of rotatable bonds is 2. The van der Waals surface area contributed by atoms with Crippen LogP contribution in [0.1, 0.15) is 12.5 Å². The lowest BCUT2D eigenvalue weighted by molar-refractivity contribution is -0.104. The van der Waals surface area contributed by atoms with E-state index in [0.717, 1.165) is 16.3 Å². The molecule has 0 N–H and O–H groups in total. The van der Waals surface area contributed by atoms with E-state index in [1.54, 1.807) is 19.1 Å². The zero-order valence-corrected chi connectivity index (χ0v) is 9.39. The minimum atomic E-state index is 0.635. The molecule has 0 bridgehead atoms. The number of hydrogen-bond acceptors (Lipinski definition) is 1. The summed E-state index contributed by atoms with van der Waals surface area (Å²) in [7, 11) is 0. The fraction of sp³-hybridized carbons (Fsp3) is 0.100. The van der Waals surface area contributed by atoms with Gasteiger partial charge in [-0.3, -0.25) is 4.79 Å². The lowest BCUT2D eigenvalue weighted by Crippen LogP contribution is -1.79. The highest BCUT2D eigenvalue weighted by Gasteiger charge is 1.97. The van der Waals surface area contributed by atoms with Gasteiger partial charge in [0.1, 0.15) is 6.29 Å². The van der Waals surface area contributed by atoms with Crippen molar-refractivity contribution < 1.29 is 4.79 Å². The number of carbonyl (C=O) groups excluding carboxylic acids is 1. The highest BCUT2D eigenvalue weighted by molar-refractivity contribution is 9.10. The monoisotopic (exact) mass is 258 g/mol. The molecular formula is C10H8BrClO. The average Bonchev–Trinajstić information content (AvgIpc) is 2.09. The van der Waals surface area contributed by atoms with Gasteiger partial charge in [-0.1, -0.05) is 33.6 Å². The third-order valence-electron chi connectivity index (χ3n) is 1.53. The molecule has 68 valence electrons. The Bertz CT molecular complexity index is 358. The summed E-state index contributed by atoms with van der Waals surface area (Å²) in [5, 5.41) is 0.635. The first-order valence-electron chi connectivity index (χ1n) is 3.72. The summed E-state index contributed by atoms with van der Waals surface area (Å²) in [5.74, 6) is 0. The standard InChI is InChI=1S/C10H8BrClO/c1-7(6-13)4-8-2-3-9(11)5-10(8)12/h2-6H,1H3/b7-4-. The highest BCUT2D eigenvalue weighted by atomic mass is 79.9. The van der Waals surface area contributed by atoms with Crippen LogP contribution in [-0.4, -0.2) is 6.29 Å². The maximum atomic E-state index is 10.4. The Morgan fingerprint density at radius 1 is 1.54 bits per heavy atom. The SMILES string of the molecule is C/C(C=O)=C/c1ccc(Br)cc1Cl. The number of benzene rings is 1. The zero-order chi connectivity index (χ0) is 9.84. The molecule has 13 heavy (non-hydrogen) atoms. The van der Waals surface area contributed by atoms with E-state index in [2.05, 4.69) is 15.9 Å². The van der Waals surface area contributed by atoms with Crippen molar-refractivity contribution in [3.8, 4) is 0 Å². The number of hydrogen-bond donors (Lipinski definition) is 0. The molecule has 0 amide bonds. The lowest BCUT2D eigenvalue weighted by atomic mass is 10.1. The summed E-state index contributed by atoms with van der Waals surface area (Å²) in [5.41, 5.74) is 1.51. The van der Waals surface area contributed by atoms with Crippen LogP contribution < -0.4 is 0 Å². The summed E-state index contributed by atoms with van der Waals surface area (Å²) < 4.78 is 0.929. The molecule has 0 aliphatic carbocycles. The van der Waals surface area contributed by atoms with E-state index >= 15 is 0 Å². The first-order valence-corrected chi connectivity index (χ1v) is 4.89. The van der Waals surface area contributed by atoms with Gasteiger partial charge in [0.2, 0.25) is 0 Å². The Hall–Kier alpha value is -0.600. The van der Waals surface area contributed by atoms with Crippen LogP contribution >= 0.6 is 27.5 Å². The highest BCUT2D eigenvalue weighted by Crippen LogP contribution is 2.22. The molecule has 0 aromatic heterocycles. The summed E-state index contributed by atoms with van der Waals surface area (Å²) >= 11 is 9.24. The smallest absolute Gasteiger partial charge is 0.145 e. The van der Waals surface area contributed by atoms with Crippen LogP contribution in [-0.2, 0) is 4.79 Å². The largest absolute Gasteiger partial charge is 0.298 e. The predicted molar refractivity (Wildman–Crippen MR) is 58.9 cm³/mol. The zero-order valence-electron chi connectivity index (χ0n) is 7.05. The Labute approximate surface area is 90.5 Å². The minimum Gasteiger partial charge on any atom is -0.298 e. The number of aldehydes is 1. The first kappa shape index (κ1) is 10.5. The van der Waals surface area contributed by atoms with Gasteiger partial charge in [-0.15, -0.1) is 0 Å². The summed E-state index contributed by atoms with van der Waals surface area (Å²) in [6.45, 7) is 1.74. The van der Waals surface area contributed by atoms with Gasteiger partial charge in [0.25, 0.3) is 0 Å². The number of halogens is 2. The van der Waals surface area contributed by atoms with Crippen LogP contribution in [0.5, 0.6) is 0 Å². The molecule has 0 heterocycles. The molecule has 0 aliphatic rings. The molecule has 0 atom stereocenters. The van der Waals surface area contributed by atoms with E-state index in [0.29, 0.717) is 10.6 Å². The van der Waals surface area contributed by atoms with Crippen molar-refractivity contribution in [3.63, 3.8) is 0 Å². The molecular weight excluding hydrogens is 251 g/mol. The molecule has 0 saturated carbocycles. The number of allylic oxidation sites excluding steroid dienone is 1. The second-order valence-electron chi connectivity index (χ2n) is 2.67. The van der Waals surface area contributed by atoms with Gasteiger partial charge in [-0.05, 0) is 36.3 Å². The van der Waals surface area contributed by atoms with Crippen molar-refractivity contribution in [2.75, 3.05) is 0 Å². The Morgan fingerprint density at radius 3 is 2.77 bits per heavy atom. The van der Waals surface area contributed by atoms with E-state index in [1.165, 1.54) is 0 Å². The van der Waals surface area contributed by atoms with Gasteiger partial charge in [-0.2, -0.15) is 0 Å². The van der Waals surface area contributed by atoms with Gasteiger partial charge < -0.3 is 0 Å². The van der Waals surface area contributed by atoms with Crippen molar-refractivity contribution in [1.29, 1.82) is 0 Å². The molecule has 1 nitrogen and oxygen atoms in total. The third kappa shape index (κ3) is 2.98. The molecule has 1 rings (SSSR count). The lowest BCUT2D eigenvalue weighted by Gasteiger charge is -1.98. The fourth-order valence-corrected chi connectivity index (χ4v) is 1.63. The second-order valence-corrected chi connectivity index (χ2v) is 3.99. The summed E-state index contributed by atoms with van der Waals surface area (Å²) in [6, 6.07) is 5.54. The van der Waals surface area contributed by atoms with Gasteiger partial charge in [0.15, 0.2) is 0 Å². The van der Waals surface area contributed by atoms with Crippen molar-refractivity contribution in [2.24, 2.45) is 0 Å². The van der Waals surface area contributed by atoms with Crippen LogP contribution in [0.25, 0.3) is 6.08 Å². The van der Waals surface area contributed by atoms with E-state index in [9.17, 15) is 4.79 Å². The Morgan fingerprint density at radius 2 is 2.23 bits per heavy atom. The van der Waals surface area contributed by atoms with E-state index in [1.807, 2.05) is 12.1 Å². The van der Waals surface area contributed by atoms with Gasteiger partial charge in [-0.25, -0.2) is 0 Å². The average molecular weight is 260 g/mol. The molecule has 1 aromatic carbocycles. The molecule has 0 saturated heterocycles. The third-order valence-corrected chi connectivity index (χ3v) is 2.35. The molecule has 0 fully saturated rings. The molecule has 3 heteroatoms. The normalized spacial score (nSPS) is 11.5. The van der Waals surface area contributed by atoms with Gasteiger partial charge >= 0.3 is 0 Å². The number of carbonyl (C=O) groups is 1. The van der Waals surface area contributed by atoms with Crippen molar-refractivity contribution in [2.45, 2.75) is 6.92 Å². The van der Waals surface area contributed by atoms with Crippen molar-refractivity contribution in [1.82, 2.24) is 0 Å². The van der Waals surface area contributed by atoms with Gasteiger partial charge in [0.05, 0.1) is 0 Å². The second kappa shape index (κ2) is 4.58. The maximum absolute atomic E-state index is 10.4. The first-order chi connectivity index (χ1) is 6.13. The van der Waals surface area contributed by atoms with Crippen LogP contribution in [0.3, 0.4) is 0 Å². The molecule has 0 spiro atoms. The van der Waals surface area contributed by atoms with Crippen LogP contribution in [0, 0.1) is 0 Å². The van der Waals surface area contributed by atoms with Crippen LogP contribution in [0.4, 0.5) is 0 Å². The summed E-state index contributed by atoms with van der Waals surface area (Å²) in [6.07, 6.45) is 2.56. The van der Waals surface area contributed by atoms with Crippen LogP contribution in [0.2, 0.25) is 5.02 Å². The maximum Gasteiger partial charge on any atom is 0.145 e. The minimum absolute atomic E-state index is 0.635. The van der Waals surface area contributed by atoms with E-state index < -0.39 is 0 Å². The van der Waals surface area contributed by atoms with E-state index in [-0.39, 0.29) is 0 Å². The van der Waals surface area contributed by atoms with Crippen molar-refractivity contribution in [3.05, 3.63) is 38.8 Å². The topological polar surface area (TPSA) is 17.1 Å². The summed E-state index contributed by atoms with van der Waals surface area (Å²) in [4.78, 5) is 10.4. The molecule has 0 radical (unpaired) electrons. The Balaban J connectivity index is 3.09. The molecule has 1 aromatic rings. The van der Waals surface area contributed by atoms with E-state index in [4.69, 9.17) is 11.6 Å². The predicted octanol–water partition coefficient (Wildman–Crippen LogP) is 3.70. The molecule has 0 unspecified atom stereocenters. The Kier molecular flexibility index (Phi) is 3.70. The quantitative estimate of drug-likeness (QED) is 0.584. The molecule has 0 aliphatic heterocycles. The van der Waals surface area contributed by atoms with Crippen LogP contribution in [0.15, 0.2) is 28.2 Å². The van der Waals surface area contributed by atoms with Gasteiger partial charge in [0, 0.05) is 9.50 Å². The fourth-order valence-electron chi connectivity index (χ4n) is 0.898.